The summed E-state index contributed by atoms with van der Waals surface area (Å²) in [7, 11) is 8.59. The summed E-state index contributed by atoms with van der Waals surface area (Å²) in [6, 6.07) is 17.2. The Bertz CT molecular complexity index is 6040. The number of Topliss-reactive ketones (excluding diaryl/α,β-unsaturated/α-hetero) is 4. The van der Waals surface area contributed by atoms with Crippen molar-refractivity contribution in [3.8, 4) is 0 Å². The van der Waals surface area contributed by atoms with Crippen molar-refractivity contribution in [2.75, 3.05) is 41.1 Å². The topological polar surface area (TPSA) is 414 Å². The second kappa shape index (κ2) is 50.7. The van der Waals surface area contributed by atoms with Gasteiger partial charge in [0, 0.05) is 129 Å². The Hall–Kier alpha value is -13.9. The number of rotatable bonds is 20. The number of aliphatic carboxylic acids is 1. The lowest BCUT2D eigenvalue weighted by Crippen LogP contribution is -2.44. The third-order valence-corrected chi connectivity index (χ3v) is 20.5. The van der Waals surface area contributed by atoms with Crippen LogP contribution < -0.4 is 32.3 Å². The number of carbonyl (C=O) groups excluding carboxylic acids is 13. The Morgan fingerprint density at radius 2 is 0.687 bits per heavy atom. The molecule has 0 atom stereocenters. The number of carbonyl (C=O) groups is 14. The zero-order chi connectivity index (χ0) is 102. The van der Waals surface area contributed by atoms with Crippen molar-refractivity contribution in [3.05, 3.63) is 255 Å². The number of aromatic nitrogens is 6. The number of H-pyrrole nitrogens is 1. The van der Waals surface area contributed by atoms with Crippen LogP contribution >= 0.6 is 11.6 Å². The molecule has 4 aromatic carbocycles. The molecule has 726 valence electrons. The number of nitrogens with two attached hydrogens (primary N) is 1. The standard InChI is InChI=1S/C21H26FN3O3.C19H21FN2O4.C17H17FN2O4.C15H17FN2O.C10H15NO2.C9H13NO2.C4H11N.C3H3ClO2.CH4/c1-11-10-14(8-9-15(11)22)23-19(27)16-12(2)17(25(7)13(16)3)18(26)20(28)24-21(4,5)6;1-6-26-19(25)17(23)16-11(3)15(12(4)22(16)5)18(24)21-13-7-8-14(20)10(2)9-13;1-8-7-11(5-6-12(8)18)19-16(22)13-9(2)14(15(21)17(23)24)20(4)10(13)3;1-9-7-12(5-6-13(9)16)17-15(19)14-10(2)8-18(4)11(14)3;1-5-13-10(12)9-7(2)6-11(4)8(9)3;1-4-12-9(11)8-6(2)5-10-7(8)3;1-4(2,3)5;1-2(5)3(4)6;/h8-10H,1-7H3,(H,23,27)(H,24,28);7-9H,6H2,1-5H3,(H,21,24);5-7H,1-4H3,(H,19,22)(H,23,24);5-8H,1-4H3,(H,17,19);6H,5H2,1-4H3;5,10H,4H2,1-3H3;5H2,1-3H3;1H3;1H4. The first kappa shape index (κ1) is 116. The number of aromatic amines is 1. The minimum Gasteiger partial charge on any atom is -0.475 e. The van der Waals surface area contributed by atoms with Crippen LogP contribution in [-0.4, -0.2) is 146 Å². The second-order valence-electron chi connectivity index (χ2n) is 33.2. The summed E-state index contributed by atoms with van der Waals surface area (Å²) in [4.78, 5) is 167. The summed E-state index contributed by atoms with van der Waals surface area (Å²) in [6.45, 7) is 46.1. The number of hydrogen-bond donors (Lipinski definition) is 8. The average Bonchev–Trinajstić information content (AvgIpc) is 1.63. The van der Waals surface area contributed by atoms with Crippen LogP contribution in [0.3, 0.4) is 0 Å². The summed E-state index contributed by atoms with van der Waals surface area (Å²) in [5.74, 6) is -9.82. The Kier molecular flexibility index (Phi) is 43.9. The molecule has 0 aliphatic rings. The first-order chi connectivity index (χ1) is 61.4. The van der Waals surface area contributed by atoms with Gasteiger partial charge in [0.05, 0.1) is 58.9 Å². The monoisotopic (exact) mass is 1880 g/mol. The Morgan fingerprint density at radius 1 is 0.410 bits per heavy atom. The van der Waals surface area contributed by atoms with Crippen LogP contribution in [0.2, 0.25) is 0 Å². The van der Waals surface area contributed by atoms with Crippen molar-refractivity contribution in [2.24, 2.45) is 41.0 Å². The summed E-state index contributed by atoms with van der Waals surface area (Å²) in [5.41, 5.74) is 19.7. The summed E-state index contributed by atoms with van der Waals surface area (Å²) >= 11 is 4.62. The van der Waals surface area contributed by atoms with Crippen molar-refractivity contribution in [2.45, 2.75) is 199 Å². The van der Waals surface area contributed by atoms with Crippen molar-refractivity contribution in [1.82, 2.24) is 33.1 Å². The molecule has 0 aliphatic heterocycles. The van der Waals surface area contributed by atoms with E-state index in [0.717, 1.165) is 40.7 Å². The van der Waals surface area contributed by atoms with Gasteiger partial charge >= 0.3 is 23.9 Å². The first-order valence-electron chi connectivity index (χ1n) is 41.8. The molecule has 134 heavy (non-hydrogen) atoms. The number of carboxylic acid groups (broad SMARTS) is 1. The molecule has 6 heterocycles. The molecule has 5 amide bonds. The van der Waals surface area contributed by atoms with Crippen LogP contribution in [0, 0.1) is 134 Å². The van der Waals surface area contributed by atoms with E-state index in [2.05, 4.69) is 43.2 Å². The van der Waals surface area contributed by atoms with Gasteiger partial charge in [0.25, 0.3) is 52.1 Å². The van der Waals surface area contributed by atoms with Gasteiger partial charge in [-0.1, -0.05) is 7.43 Å². The fourth-order valence-corrected chi connectivity index (χ4v) is 13.3. The Balaban J connectivity index is 0.000000540. The predicted molar refractivity (Wildman–Crippen MR) is 510 cm³/mol. The number of benzene rings is 4. The minimum absolute atomic E-state index is 0. The number of hydrogen-bond acceptors (Lipinski definition) is 18. The molecule has 0 unspecified atom stereocenters. The molecule has 30 nitrogen and oxygen atoms in total. The first-order valence-corrected chi connectivity index (χ1v) is 42.2. The number of amides is 5. The largest absolute Gasteiger partial charge is 0.475 e. The highest BCUT2D eigenvalue weighted by Gasteiger charge is 2.34. The van der Waals surface area contributed by atoms with Gasteiger partial charge in [-0.15, -0.1) is 0 Å². The number of aryl methyl sites for hydroxylation is 10. The van der Waals surface area contributed by atoms with Gasteiger partial charge in [0.1, 0.15) is 34.7 Å². The van der Waals surface area contributed by atoms with Crippen molar-refractivity contribution in [3.63, 3.8) is 0 Å². The number of nitrogens with zero attached hydrogens (tertiary/aromatic N) is 5. The molecule has 9 N–H and O–H groups in total. The zero-order valence-corrected chi connectivity index (χ0v) is 82.1. The third kappa shape index (κ3) is 32.0. The van der Waals surface area contributed by atoms with Crippen molar-refractivity contribution >= 4 is 116 Å². The van der Waals surface area contributed by atoms with Gasteiger partial charge in [-0.05, 0) is 313 Å². The summed E-state index contributed by atoms with van der Waals surface area (Å²) < 4.78 is 76.2. The van der Waals surface area contributed by atoms with Crippen LogP contribution in [0.25, 0.3) is 0 Å². The highest BCUT2D eigenvalue weighted by molar-refractivity contribution is 6.81. The predicted octanol–water partition coefficient (Wildman–Crippen LogP) is 17.8. The fourth-order valence-electron chi connectivity index (χ4n) is 13.3. The van der Waals surface area contributed by atoms with Gasteiger partial charge < -0.3 is 79.5 Å². The zero-order valence-electron chi connectivity index (χ0n) is 81.4. The van der Waals surface area contributed by atoms with Crippen molar-refractivity contribution < 1.29 is 104 Å². The maximum Gasteiger partial charge on any atom is 0.381 e. The number of esters is 3. The highest BCUT2D eigenvalue weighted by Crippen LogP contribution is 2.30. The van der Waals surface area contributed by atoms with E-state index >= 15 is 0 Å². The molecular formula is C99H127ClF4N12O18. The molecule has 0 radical (unpaired) electrons. The average molecular weight is 1880 g/mol. The van der Waals surface area contributed by atoms with E-state index in [-0.39, 0.29) is 83.3 Å². The molecule has 10 rings (SSSR count). The summed E-state index contributed by atoms with van der Waals surface area (Å²) in [6.07, 6.45) is 5.66. The third-order valence-electron chi connectivity index (χ3n) is 20.2. The van der Waals surface area contributed by atoms with E-state index in [9.17, 15) is 84.7 Å². The smallest absolute Gasteiger partial charge is 0.381 e. The molecule has 10 aromatic rings. The SMILES string of the molecule is C.CC(=O)C(=O)Cl.CC(C)(C)N.CCOC(=O)C(=O)c1c(C)c(C(=O)Nc2ccc(F)c(C)c2)c(C)n1C.CCOC(=O)c1c(C)c[nH]c1C.CCOC(=O)c1c(C)cn(C)c1C.Cc1cc(NC(=O)c2c(C)c(C(=O)C(=O)NC(C)(C)C)n(C)c2C)ccc1F.Cc1cc(NC(=O)c2c(C)c(C(=O)C(=O)O)n(C)c2C)ccc1F.Cc1cc(NC(=O)c2c(C)cn(C)c2C)ccc1F. The number of ketones is 4. The number of carboxylic acids is 1. The maximum atomic E-state index is 13.4. The van der Waals surface area contributed by atoms with Crippen molar-refractivity contribution in [1.29, 1.82) is 0 Å². The van der Waals surface area contributed by atoms with E-state index in [1.807, 2.05) is 111 Å². The minimum atomic E-state index is -1.58. The normalized spacial score (nSPS) is 10.5. The molecule has 0 aliphatic carbocycles. The summed E-state index contributed by atoms with van der Waals surface area (Å²) in [5, 5.41) is 21.5. The number of anilines is 4. The lowest BCUT2D eigenvalue weighted by molar-refractivity contribution is -0.137. The molecular weight excluding hydrogens is 1760 g/mol. The molecule has 0 saturated heterocycles. The van der Waals surface area contributed by atoms with Crippen LogP contribution in [0.5, 0.6) is 0 Å². The van der Waals surface area contributed by atoms with Crippen LogP contribution in [-0.2, 0) is 73.4 Å². The van der Waals surface area contributed by atoms with Gasteiger partial charge in [-0.2, -0.15) is 0 Å². The van der Waals surface area contributed by atoms with E-state index in [1.165, 1.54) is 83.8 Å². The quantitative estimate of drug-likeness (QED) is 0.00877. The molecule has 35 heteroatoms. The molecule has 0 fully saturated rings. The molecule has 0 saturated carbocycles. The molecule has 6 aromatic heterocycles. The lowest BCUT2D eigenvalue weighted by atomic mass is 10.1. The van der Waals surface area contributed by atoms with Crippen LogP contribution in [0.4, 0.5) is 40.3 Å². The van der Waals surface area contributed by atoms with E-state index in [1.54, 1.807) is 128 Å². The second-order valence-corrected chi connectivity index (χ2v) is 33.6. The lowest BCUT2D eigenvalue weighted by Gasteiger charge is -2.20. The molecule has 0 spiro atoms. The van der Waals surface area contributed by atoms with Gasteiger partial charge in [0.15, 0.2) is 0 Å². The van der Waals surface area contributed by atoms with E-state index in [0.29, 0.717) is 120 Å². The van der Waals surface area contributed by atoms with E-state index in [4.69, 9.17) is 25.1 Å². The van der Waals surface area contributed by atoms with E-state index < -0.39 is 69.5 Å². The van der Waals surface area contributed by atoms with Gasteiger partial charge in [0.2, 0.25) is 5.78 Å². The molecule has 0 bridgehead atoms. The fraction of sp³-hybridized carbons (Fsp3) is 0.374. The Labute approximate surface area is 784 Å². The number of halogens is 5. The van der Waals surface area contributed by atoms with Crippen LogP contribution in [0.1, 0.15) is 260 Å². The van der Waals surface area contributed by atoms with Gasteiger partial charge in [-0.25, -0.2) is 36.7 Å². The number of ether oxygens (including phenoxy) is 3. The number of nitrogens with one attached hydrogen (secondary N) is 6. The van der Waals surface area contributed by atoms with Gasteiger partial charge in [-0.3, -0.25) is 47.9 Å². The van der Waals surface area contributed by atoms with Crippen LogP contribution in [0.15, 0.2) is 91.4 Å². The highest BCUT2D eigenvalue weighted by atomic mass is 35.5. The maximum absolute atomic E-state index is 13.4. The Morgan fingerprint density at radius 3 is 0.933 bits per heavy atom.